The number of amides is 2. The number of benzene rings is 2. The number of nitrogens with one attached hydrogen (secondary N) is 2. The predicted molar refractivity (Wildman–Crippen MR) is 136 cm³/mol. The Morgan fingerprint density at radius 1 is 1.11 bits per heavy atom. The van der Waals surface area contributed by atoms with Gasteiger partial charge < -0.3 is 25.8 Å². The lowest BCUT2D eigenvalue weighted by Crippen LogP contribution is -2.38. The van der Waals surface area contributed by atoms with E-state index >= 15 is 0 Å². The van der Waals surface area contributed by atoms with E-state index < -0.39 is 5.91 Å². The number of carbonyl (C=O) groups is 2. The molecule has 0 unspecified atom stereocenters. The van der Waals surface area contributed by atoms with Crippen molar-refractivity contribution in [3.05, 3.63) is 71.5 Å². The van der Waals surface area contributed by atoms with Gasteiger partial charge in [-0.05, 0) is 29.8 Å². The smallest absolute Gasteiger partial charge is 0.273 e. The zero-order valence-corrected chi connectivity index (χ0v) is 20.2. The van der Waals surface area contributed by atoms with Crippen molar-refractivity contribution in [2.75, 3.05) is 52.2 Å². The van der Waals surface area contributed by atoms with Crippen molar-refractivity contribution in [2.45, 2.75) is 6.54 Å². The first kappa shape index (κ1) is 25.1. The predicted octanol–water partition coefficient (Wildman–Crippen LogP) is 1.73. The van der Waals surface area contributed by atoms with Gasteiger partial charge in [-0.1, -0.05) is 24.3 Å². The lowest BCUT2D eigenvalue weighted by atomic mass is 10.1. The molecule has 1 aliphatic rings. The van der Waals surface area contributed by atoms with Crippen LogP contribution in [-0.2, 0) is 11.3 Å². The van der Waals surface area contributed by atoms with Crippen molar-refractivity contribution in [3.8, 4) is 17.0 Å². The van der Waals surface area contributed by atoms with Crippen molar-refractivity contribution in [3.63, 3.8) is 0 Å². The number of nitrogens with zero attached hydrogens (tertiary/aromatic N) is 3. The molecule has 2 heterocycles. The van der Waals surface area contributed by atoms with Gasteiger partial charge in [0.05, 0.1) is 25.1 Å². The molecule has 4 rings (SSSR count). The van der Waals surface area contributed by atoms with E-state index in [0.29, 0.717) is 30.0 Å². The Morgan fingerprint density at radius 2 is 1.89 bits per heavy atom. The molecule has 1 fully saturated rings. The number of nitrogen functional groups attached to an aromatic ring is 1. The van der Waals surface area contributed by atoms with Crippen molar-refractivity contribution >= 4 is 17.6 Å². The summed E-state index contributed by atoms with van der Waals surface area (Å²) in [5, 5.41) is 5.42. The lowest BCUT2D eigenvalue weighted by Gasteiger charge is -2.26. The van der Waals surface area contributed by atoms with Crippen LogP contribution in [0.4, 0.5) is 5.82 Å². The van der Waals surface area contributed by atoms with Crippen LogP contribution in [-0.4, -0.2) is 73.2 Å². The van der Waals surface area contributed by atoms with Crippen LogP contribution < -0.4 is 21.1 Å². The maximum absolute atomic E-state index is 12.8. The van der Waals surface area contributed by atoms with E-state index in [1.807, 2.05) is 24.3 Å². The van der Waals surface area contributed by atoms with Crippen LogP contribution in [0.15, 0.2) is 54.7 Å². The molecule has 36 heavy (non-hydrogen) atoms. The third-order valence-corrected chi connectivity index (χ3v) is 5.82. The van der Waals surface area contributed by atoms with Crippen molar-refractivity contribution in [1.82, 2.24) is 25.5 Å². The summed E-state index contributed by atoms with van der Waals surface area (Å²) in [5.74, 6) is 0.189. The molecule has 0 aliphatic carbocycles. The van der Waals surface area contributed by atoms with Crippen LogP contribution in [0.1, 0.15) is 26.4 Å². The molecule has 0 radical (unpaired) electrons. The molecule has 0 atom stereocenters. The second-order valence-corrected chi connectivity index (χ2v) is 8.28. The molecular formula is C26H30N6O4. The largest absolute Gasteiger partial charge is 0.492 e. The molecule has 0 spiro atoms. The Morgan fingerprint density at radius 3 is 2.64 bits per heavy atom. The fraction of sp³-hybridized carbons (Fsp3) is 0.308. The van der Waals surface area contributed by atoms with Crippen molar-refractivity contribution < 1.29 is 19.1 Å². The highest BCUT2D eigenvalue weighted by molar-refractivity contribution is 5.97. The number of hydrogen-bond donors (Lipinski definition) is 3. The molecule has 2 aromatic carbocycles. The fourth-order valence-corrected chi connectivity index (χ4v) is 3.75. The van der Waals surface area contributed by atoms with Gasteiger partial charge >= 0.3 is 0 Å². The number of carbonyl (C=O) groups excluding carboxylic acids is 2. The Balaban J connectivity index is 1.31. The van der Waals surface area contributed by atoms with Crippen LogP contribution >= 0.6 is 0 Å². The van der Waals surface area contributed by atoms with Gasteiger partial charge in [-0.15, -0.1) is 0 Å². The highest BCUT2D eigenvalue weighted by Crippen LogP contribution is 2.20. The molecule has 1 aliphatic heterocycles. The topological polar surface area (TPSA) is 132 Å². The van der Waals surface area contributed by atoms with Gasteiger partial charge in [0.25, 0.3) is 11.8 Å². The van der Waals surface area contributed by atoms with E-state index in [1.165, 1.54) is 13.2 Å². The molecule has 1 saturated heterocycles. The van der Waals surface area contributed by atoms with E-state index in [4.69, 9.17) is 15.2 Å². The Kier molecular flexibility index (Phi) is 8.43. The minimum atomic E-state index is -0.427. The Bertz CT molecular complexity index is 1200. The number of aromatic nitrogens is 2. The molecule has 188 valence electrons. The van der Waals surface area contributed by atoms with Crippen LogP contribution in [0, 0.1) is 0 Å². The molecule has 0 saturated carbocycles. The maximum atomic E-state index is 12.8. The summed E-state index contributed by atoms with van der Waals surface area (Å²) >= 11 is 0. The first-order chi connectivity index (χ1) is 17.5. The van der Waals surface area contributed by atoms with Crippen LogP contribution in [0.5, 0.6) is 5.75 Å². The van der Waals surface area contributed by atoms with E-state index in [-0.39, 0.29) is 17.4 Å². The molecule has 2 amide bonds. The highest BCUT2D eigenvalue weighted by Gasteiger charge is 2.14. The minimum Gasteiger partial charge on any atom is -0.492 e. The molecule has 1 aromatic heterocycles. The standard InChI is InChI=1S/C26H30N6O4/c1-28-26(34)23-24(27)29-17-22(31-23)19-3-2-4-20(15-19)25(33)30-16-18-5-7-21(8-6-18)36-14-11-32-9-12-35-13-10-32/h2-8,15,17H,9-14,16H2,1H3,(H2,27,29)(H,28,34)(H,30,33). The second kappa shape index (κ2) is 12.1. The van der Waals surface area contributed by atoms with Crippen LogP contribution in [0.3, 0.4) is 0 Å². The zero-order chi connectivity index (χ0) is 25.3. The minimum absolute atomic E-state index is 0.0402. The van der Waals surface area contributed by atoms with Crippen LogP contribution in [0.25, 0.3) is 11.3 Å². The number of rotatable bonds is 9. The summed E-state index contributed by atoms with van der Waals surface area (Å²) in [7, 11) is 1.49. The van der Waals surface area contributed by atoms with E-state index in [1.54, 1.807) is 24.3 Å². The Labute approximate surface area is 209 Å². The monoisotopic (exact) mass is 490 g/mol. The average Bonchev–Trinajstić information content (AvgIpc) is 2.93. The quantitative estimate of drug-likeness (QED) is 0.413. The molecule has 10 nitrogen and oxygen atoms in total. The number of morpholine rings is 1. The average molecular weight is 491 g/mol. The third kappa shape index (κ3) is 6.55. The van der Waals surface area contributed by atoms with Gasteiger partial charge in [0.1, 0.15) is 12.4 Å². The molecule has 10 heteroatoms. The van der Waals surface area contributed by atoms with E-state index in [9.17, 15) is 9.59 Å². The number of nitrogens with two attached hydrogens (primary N) is 1. The lowest BCUT2D eigenvalue weighted by molar-refractivity contribution is 0.0322. The van der Waals surface area contributed by atoms with Crippen molar-refractivity contribution in [1.29, 1.82) is 0 Å². The summed E-state index contributed by atoms with van der Waals surface area (Å²) in [6.07, 6.45) is 1.48. The van der Waals surface area contributed by atoms with Gasteiger partial charge in [0.15, 0.2) is 11.5 Å². The highest BCUT2D eigenvalue weighted by atomic mass is 16.5. The molecule has 0 bridgehead atoms. The van der Waals surface area contributed by atoms with Gasteiger partial charge in [-0.2, -0.15) is 0 Å². The number of ether oxygens (including phenoxy) is 2. The van der Waals surface area contributed by atoms with E-state index in [0.717, 1.165) is 44.2 Å². The fourth-order valence-electron chi connectivity index (χ4n) is 3.75. The van der Waals surface area contributed by atoms with E-state index in [2.05, 4.69) is 25.5 Å². The van der Waals surface area contributed by atoms with Crippen molar-refractivity contribution in [2.24, 2.45) is 0 Å². The zero-order valence-electron chi connectivity index (χ0n) is 20.2. The third-order valence-electron chi connectivity index (χ3n) is 5.82. The first-order valence-corrected chi connectivity index (χ1v) is 11.8. The molecule has 4 N–H and O–H groups in total. The summed E-state index contributed by atoms with van der Waals surface area (Å²) in [6, 6.07) is 14.7. The number of hydrogen-bond acceptors (Lipinski definition) is 8. The maximum Gasteiger partial charge on any atom is 0.273 e. The molecular weight excluding hydrogens is 460 g/mol. The second-order valence-electron chi connectivity index (χ2n) is 8.28. The summed E-state index contributed by atoms with van der Waals surface area (Å²) < 4.78 is 11.2. The summed E-state index contributed by atoms with van der Waals surface area (Å²) in [5.41, 5.74) is 8.33. The summed E-state index contributed by atoms with van der Waals surface area (Å²) in [4.78, 5) is 35.4. The number of anilines is 1. The van der Waals surface area contributed by atoms with Gasteiger partial charge in [-0.3, -0.25) is 14.5 Å². The molecule has 3 aromatic rings. The van der Waals surface area contributed by atoms with Gasteiger partial charge in [0.2, 0.25) is 0 Å². The van der Waals surface area contributed by atoms with Gasteiger partial charge in [0, 0.05) is 44.4 Å². The van der Waals surface area contributed by atoms with Gasteiger partial charge in [-0.25, -0.2) is 9.97 Å². The normalized spacial score (nSPS) is 13.7. The van der Waals surface area contributed by atoms with Crippen LogP contribution in [0.2, 0.25) is 0 Å². The first-order valence-electron chi connectivity index (χ1n) is 11.8. The SMILES string of the molecule is CNC(=O)c1nc(-c2cccc(C(=O)NCc3ccc(OCCN4CCOCC4)cc3)c2)cnc1N. The summed E-state index contributed by atoms with van der Waals surface area (Å²) in [6.45, 7) is 5.30. The Hall–Kier alpha value is -4.02.